The predicted molar refractivity (Wildman–Crippen MR) is 87.6 cm³/mol. The van der Waals surface area contributed by atoms with E-state index < -0.39 is 5.41 Å². The zero-order chi connectivity index (χ0) is 15.5. The van der Waals surface area contributed by atoms with E-state index in [0.717, 1.165) is 36.5 Å². The highest BCUT2D eigenvalue weighted by Gasteiger charge is 2.34. The average Bonchev–Trinajstić information content (AvgIpc) is 2.46. The van der Waals surface area contributed by atoms with Gasteiger partial charge in [-0.05, 0) is 44.0 Å². The van der Waals surface area contributed by atoms with Gasteiger partial charge in [-0.15, -0.1) is 0 Å². The molecule has 0 aliphatic carbocycles. The third-order valence-electron chi connectivity index (χ3n) is 4.23. The minimum absolute atomic E-state index is 0.238. The van der Waals surface area contributed by atoms with Crippen LogP contribution in [0.5, 0.6) is 0 Å². The Kier molecular flexibility index (Phi) is 5.28. The number of likely N-dealkylation sites (tertiary alicyclic amines) is 1. The standard InChI is InChI=1S/C17H25ClN2O/c1-17(2,11-13-6-4-7-14(18)10-13)16(21)20-9-5-8-15(12-20)19-3/h4,6-7,10,15,19H,5,8-9,11-12H2,1-3H3. The van der Waals surface area contributed by atoms with E-state index >= 15 is 0 Å². The molecule has 2 rings (SSSR count). The molecule has 1 aliphatic rings. The molecule has 0 radical (unpaired) electrons. The Labute approximate surface area is 132 Å². The summed E-state index contributed by atoms with van der Waals surface area (Å²) < 4.78 is 0. The molecule has 1 N–H and O–H groups in total. The molecule has 0 saturated carbocycles. The summed E-state index contributed by atoms with van der Waals surface area (Å²) in [6.45, 7) is 5.74. The number of likely N-dealkylation sites (N-methyl/N-ethyl adjacent to an activating group) is 1. The Hall–Kier alpha value is -1.06. The maximum Gasteiger partial charge on any atom is 0.228 e. The van der Waals surface area contributed by atoms with Crippen molar-refractivity contribution in [3.05, 3.63) is 34.9 Å². The molecule has 1 atom stereocenters. The van der Waals surface area contributed by atoms with Crippen LogP contribution in [-0.2, 0) is 11.2 Å². The number of carbonyl (C=O) groups is 1. The topological polar surface area (TPSA) is 32.3 Å². The predicted octanol–water partition coefficient (Wildman–Crippen LogP) is 3.12. The molecule has 1 aliphatic heterocycles. The summed E-state index contributed by atoms with van der Waals surface area (Å²) in [4.78, 5) is 14.8. The molecular formula is C17H25ClN2O. The van der Waals surface area contributed by atoms with Gasteiger partial charge in [0.2, 0.25) is 5.91 Å². The number of carbonyl (C=O) groups excluding carboxylic acids is 1. The van der Waals surface area contributed by atoms with Gasteiger partial charge in [-0.25, -0.2) is 0 Å². The van der Waals surface area contributed by atoms with Crippen molar-refractivity contribution in [2.45, 2.75) is 39.2 Å². The number of nitrogens with zero attached hydrogens (tertiary/aromatic N) is 1. The second-order valence-electron chi connectivity index (χ2n) is 6.57. The minimum atomic E-state index is -0.402. The van der Waals surface area contributed by atoms with Crippen molar-refractivity contribution in [1.29, 1.82) is 0 Å². The van der Waals surface area contributed by atoms with Crippen molar-refractivity contribution in [2.75, 3.05) is 20.1 Å². The van der Waals surface area contributed by atoms with E-state index in [-0.39, 0.29) is 5.91 Å². The third kappa shape index (κ3) is 4.21. The van der Waals surface area contributed by atoms with E-state index in [1.807, 2.05) is 50.1 Å². The maximum absolute atomic E-state index is 12.8. The summed E-state index contributed by atoms with van der Waals surface area (Å²) >= 11 is 6.04. The Balaban J connectivity index is 2.05. The van der Waals surface area contributed by atoms with Crippen LogP contribution in [0, 0.1) is 5.41 Å². The van der Waals surface area contributed by atoms with Crippen LogP contribution in [0.25, 0.3) is 0 Å². The minimum Gasteiger partial charge on any atom is -0.341 e. The first-order valence-electron chi connectivity index (χ1n) is 7.63. The van der Waals surface area contributed by atoms with Crippen LogP contribution in [0.4, 0.5) is 0 Å². The van der Waals surface area contributed by atoms with Crippen LogP contribution >= 0.6 is 11.6 Å². The Morgan fingerprint density at radius 1 is 1.48 bits per heavy atom. The molecule has 4 heteroatoms. The Bertz CT molecular complexity index is 501. The zero-order valence-electron chi connectivity index (χ0n) is 13.2. The smallest absolute Gasteiger partial charge is 0.228 e. The highest BCUT2D eigenvalue weighted by molar-refractivity contribution is 6.30. The first-order valence-corrected chi connectivity index (χ1v) is 8.01. The lowest BCUT2D eigenvalue weighted by molar-refractivity contribution is -0.141. The van der Waals surface area contributed by atoms with E-state index in [0.29, 0.717) is 12.5 Å². The fourth-order valence-electron chi connectivity index (χ4n) is 3.06. The molecule has 1 aromatic rings. The lowest BCUT2D eigenvalue weighted by Gasteiger charge is -2.37. The van der Waals surface area contributed by atoms with Gasteiger partial charge in [0, 0.05) is 29.6 Å². The summed E-state index contributed by atoms with van der Waals surface area (Å²) in [6, 6.07) is 8.21. The second-order valence-corrected chi connectivity index (χ2v) is 7.01. The Morgan fingerprint density at radius 3 is 2.90 bits per heavy atom. The lowest BCUT2D eigenvalue weighted by Crippen LogP contribution is -2.51. The highest BCUT2D eigenvalue weighted by Crippen LogP contribution is 2.27. The highest BCUT2D eigenvalue weighted by atomic mass is 35.5. The number of hydrogen-bond acceptors (Lipinski definition) is 2. The number of rotatable bonds is 4. The number of benzene rings is 1. The monoisotopic (exact) mass is 308 g/mol. The van der Waals surface area contributed by atoms with E-state index in [9.17, 15) is 4.79 Å². The molecule has 116 valence electrons. The number of hydrogen-bond donors (Lipinski definition) is 1. The van der Waals surface area contributed by atoms with Crippen LogP contribution < -0.4 is 5.32 Å². The summed E-state index contributed by atoms with van der Waals surface area (Å²) in [5.74, 6) is 0.238. The molecule has 1 saturated heterocycles. The summed E-state index contributed by atoms with van der Waals surface area (Å²) in [7, 11) is 1.97. The lowest BCUT2D eigenvalue weighted by atomic mass is 9.83. The van der Waals surface area contributed by atoms with Crippen molar-refractivity contribution in [3.8, 4) is 0 Å². The van der Waals surface area contributed by atoms with Gasteiger partial charge in [0.15, 0.2) is 0 Å². The van der Waals surface area contributed by atoms with Crippen LogP contribution in [0.2, 0.25) is 5.02 Å². The molecule has 0 aromatic heterocycles. The van der Waals surface area contributed by atoms with Crippen LogP contribution in [0.15, 0.2) is 24.3 Å². The van der Waals surface area contributed by atoms with E-state index in [4.69, 9.17) is 11.6 Å². The van der Waals surface area contributed by atoms with Crippen LogP contribution in [0.1, 0.15) is 32.3 Å². The molecule has 1 aromatic carbocycles. The summed E-state index contributed by atoms with van der Waals surface area (Å²) in [5, 5.41) is 4.01. The first kappa shape index (κ1) is 16.3. The normalized spacial score (nSPS) is 19.6. The van der Waals surface area contributed by atoms with Gasteiger partial charge in [-0.2, -0.15) is 0 Å². The number of piperidine rings is 1. The molecule has 0 bridgehead atoms. The molecule has 1 unspecified atom stereocenters. The van der Waals surface area contributed by atoms with Gasteiger partial charge >= 0.3 is 0 Å². The third-order valence-corrected chi connectivity index (χ3v) is 4.47. The van der Waals surface area contributed by atoms with Crippen molar-refractivity contribution in [1.82, 2.24) is 10.2 Å². The molecule has 21 heavy (non-hydrogen) atoms. The van der Waals surface area contributed by atoms with Gasteiger partial charge in [-0.3, -0.25) is 4.79 Å². The first-order chi connectivity index (χ1) is 9.92. The van der Waals surface area contributed by atoms with E-state index in [1.54, 1.807) is 0 Å². The van der Waals surface area contributed by atoms with Gasteiger partial charge in [0.05, 0.1) is 0 Å². The molecule has 1 fully saturated rings. The average molecular weight is 309 g/mol. The van der Waals surface area contributed by atoms with Gasteiger partial charge in [0.25, 0.3) is 0 Å². The number of halogens is 1. The largest absolute Gasteiger partial charge is 0.341 e. The van der Waals surface area contributed by atoms with Gasteiger partial charge in [0.1, 0.15) is 0 Å². The summed E-state index contributed by atoms with van der Waals surface area (Å²) in [5.41, 5.74) is 0.711. The molecule has 1 heterocycles. The second kappa shape index (κ2) is 6.80. The van der Waals surface area contributed by atoms with Crippen LogP contribution in [-0.4, -0.2) is 37.0 Å². The molecule has 0 spiro atoms. The van der Waals surface area contributed by atoms with E-state index in [2.05, 4.69) is 5.32 Å². The van der Waals surface area contributed by atoms with Crippen LogP contribution in [0.3, 0.4) is 0 Å². The molecule has 3 nitrogen and oxygen atoms in total. The fraction of sp³-hybridized carbons (Fsp3) is 0.588. The quantitative estimate of drug-likeness (QED) is 0.927. The number of nitrogens with one attached hydrogen (secondary N) is 1. The molecular weight excluding hydrogens is 284 g/mol. The molecule has 1 amide bonds. The van der Waals surface area contributed by atoms with Crippen molar-refractivity contribution < 1.29 is 4.79 Å². The fourth-order valence-corrected chi connectivity index (χ4v) is 3.27. The maximum atomic E-state index is 12.8. The van der Waals surface area contributed by atoms with Gasteiger partial charge in [-0.1, -0.05) is 37.6 Å². The van der Waals surface area contributed by atoms with E-state index in [1.165, 1.54) is 0 Å². The number of amides is 1. The zero-order valence-corrected chi connectivity index (χ0v) is 13.9. The Morgan fingerprint density at radius 2 is 2.24 bits per heavy atom. The summed E-state index contributed by atoms with van der Waals surface area (Å²) in [6.07, 6.45) is 2.94. The van der Waals surface area contributed by atoms with Crippen molar-refractivity contribution in [2.24, 2.45) is 5.41 Å². The van der Waals surface area contributed by atoms with Gasteiger partial charge < -0.3 is 10.2 Å². The van der Waals surface area contributed by atoms with Crippen molar-refractivity contribution >= 4 is 17.5 Å². The SMILES string of the molecule is CNC1CCCN(C(=O)C(C)(C)Cc2cccc(Cl)c2)C1. The van der Waals surface area contributed by atoms with Crippen molar-refractivity contribution in [3.63, 3.8) is 0 Å².